The predicted octanol–water partition coefficient (Wildman–Crippen LogP) is 1.22. The number of ketones is 1. The van der Waals surface area contributed by atoms with Crippen molar-refractivity contribution in [3.63, 3.8) is 0 Å². The van der Waals surface area contributed by atoms with Crippen LogP contribution in [0.2, 0.25) is 0 Å². The van der Waals surface area contributed by atoms with Gasteiger partial charge < -0.3 is 11.5 Å². The van der Waals surface area contributed by atoms with E-state index in [9.17, 15) is 4.79 Å². The third-order valence-electron chi connectivity index (χ3n) is 1.95. The number of benzene rings is 1. The van der Waals surface area contributed by atoms with Crippen LogP contribution in [0.3, 0.4) is 0 Å². The molecule has 0 bridgehead atoms. The highest BCUT2D eigenvalue weighted by Gasteiger charge is 2.03. The average molecular weight is 250 g/mol. The van der Waals surface area contributed by atoms with Gasteiger partial charge in [-0.05, 0) is 36.9 Å². The Kier molecular flexibility index (Phi) is 4.71. The number of carbonyl (C=O) groups is 1. The van der Waals surface area contributed by atoms with Gasteiger partial charge in [0.25, 0.3) is 0 Å². The van der Waals surface area contributed by atoms with Crippen molar-refractivity contribution < 1.29 is 4.79 Å². The quantitative estimate of drug-likeness (QED) is 0.276. The Morgan fingerprint density at radius 1 is 1.35 bits per heavy atom. The molecule has 0 radical (unpaired) electrons. The fourth-order valence-electron chi connectivity index (χ4n) is 1.18. The van der Waals surface area contributed by atoms with Crippen molar-refractivity contribution in [3.8, 4) is 0 Å². The van der Waals surface area contributed by atoms with Crippen LogP contribution in [-0.2, 0) is 0 Å². The minimum atomic E-state index is -0.103. The maximum Gasteiger partial charge on any atom is 0.211 e. The van der Waals surface area contributed by atoms with Gasteiger partial charge in [0, 0.05) is 10.5 Å². The van der Waals surface area contributed by atoms with Gasteiger partial charge in [-0.2, -0.15) is 5.10 Å². The zero-order valence-electron chi connectivity index (χ0n) is 9.68. The van der Waals surface area contributed by atoms with Crippen LogP contribution in [0.5, 0.6) is 0 Å². The van der Waals surface area contributed by atoms with E-state index in [0.717, 1.165) is 10.5 Å². The van der Waals surface area contributed by atoms with Crippen molar-refractivity contribution in [1.29, 1.82) is 0 Å². The molecule has 0 saturated heterocycles. The summed E-state index contributed by atoms with van der Waals surface area (Å²) in [5, 5.41) is 7.21. The van der Waals surface area contributed by atoms with E-state index in [-0.39, 0.29) is 11.7 Å². The Hall–Kier alpha value is -1.82. The zero-order chi connectivity index (χ0) is 12.8. The highest BCUT2D eigenvalue weighted by atomic mass is 32.2. The molecule has 6 heteroatoms. The molecule has 0 spiro atoms. The highest BCUT2D eigenvalue weighted by Crippen LogP contribution is 2.18. The fourth-order valence-corrected chi connectivity index (χ4v) is 1.68. The van der Waals surface area contributed by atoms with Crippen LogP contribution in [0.25, 0.3) is 0 Å². The van der Waals surface area contributed by atoms with Crippen molar-refractivity contribution in [1.82, 2.24) is 0 Å². The fraction of sp³-hybridized carbons (Fsp3) is 0.182. The largest absolute Gasteiger partial charge is 0.369 e. The molecule has 0 heterocycles. The summed E-state index contributed by atoms with van der Waals surface area (Å²) < 4.78 is 0. The second kappa shape index (κ2) is 6.05. The van der Waals surface area contributed by atoms with Crippen molar-refractivity contribution in [2.75, 3.05) is 6.26 Å². The lowest BCUT2D eigenvalue weighted by Gasteiger charge is -2.02. The second-order valence-electron chi connectivity index (χ2n) is 3.32. The highest BCUT2D eigenvalue weighted by molar-refractivity contribution is 7.98. The normalized spacial score (nSPS) is 10.5. The Balaban J connectivity index is 3.07. The number of thioether (sulfide) groups is 1. The van der Waals surface area contributed by atoms with Crippen molar-refractivity contribution in [2.45, 2.75) is 11.8 Å². The lowest BCUT2D eigenvalue weighted by atomic mass is 10.1. The van der Waals surface area contributed by atoms with Crippen LogP contribution in [0.4, 0.5) is 0 Å². The summed E-state index contributed by atoms with van der Waals surface area (Å²) in [5.41, 5.74) is 11.7. The van der Waals surface area contributed by atoms with E-state index in [1.807, 2.05) is 18.4 Å². The van der Waals surface area contributed by atoms with E-state index in [1.165, 1.54) is 13.1 Å². The minimum Gasteiger partial charge on any atom is -0.369 e. The molecular formula is C11H14N4OS. The standard InChI is InChI=1S/C11H14N4OS/c1-7(16)9-3-8(4-10(5-9)17-2)6-14-15-11(12)13/h3-6H,1-2H3,(H4,12,13,15)/b14-6-. The summed E-state index contributed by atoms with van der Waals surface area (Å²) in [7, 11) is 0. The molecule has 0 atom stereocenters. The van der Waals surface area contributed by atoms with Gasteiger partial charge in [0.2, 0.25) is 5.96 Å². The minimum absolute atomic E-state index is 0.0115. The van der Waals surface area contributed by atoms with E-state index in [2.05, 4.69) is 10.2 Å². The zero-order valence-corrected chi connectivity index (χ0v) is 10.5. The number of Topliss-reactive ketones (excluding diaryl/α,β-unsaturated/α-hetero) is 1. The topological polar surface area (TPSA) is 93.8 Å². The Bertz CT molecular complexity index is 478. The van der Waals surface area contributed by atoms with Gasteiger partial charge >= 0.3 is 0 Å². The first-order valence-corrected chi connectivity index (χ1v) is 6.07. The maximum absolute atomic E-state index is 11.3. The average Bonchev–Trinajstić information content (AvgIpc) is 2.28. The molecule has 1 rings (SSSR count). The van der Waals surface area contributed by atoms with Gasteiger partial charge in [0.1, 0.15) is 0 Å². The van der Waals surface area contributed by atoms with E-state index in [4.69, 9.17) is 11.5 Å². The summed E-state index contributed by atoms with van der Waals surface area (Å²) in [4.78, 5) is 12.3. The maximum atomic E-state index is 11.3. The Labute approximate surface area is 104 Å². The third kappa shape index (κ3) is 4.28. The number of hydrogen-bond acceptors (Lipinski definition) is 4. The Morgan fingerprint density at radius 2 is 2.06 bits per heavy atom. The van der Waals surface area contributed by atoms with Gasteiger partial charge in [-0.3, -0.25) is 4.79 Å². The molecule has 1 aromatic rings. The molecule has 0 aromatic heterocycles. The summed E-state index contributed by atoms with van der Waals surface area (Å²) >= 11 is 1.56. The number of nitrogens with zero attached hydrogens (tertiary/aromatic N) is 2. The van der Waals surface area contributed by atoms with Crippen LogP contribution >= 0.6 is 11.8 Å². The van der Waals surface area contributed by atoms with Crippen LogP contribution in [-0.4, -0.2) is 24.2 Å². The lowest BCUT2D eigenvalue weighted by molar-refractivity contribution is 0.101. The number of guanidine groups is 1. The van der Waals surface area contributed by atoms with E-state index in [0.29, 0.717) is 5.56 Å². The molecular weight excluding hydrogens is 236 g/mol. The first kappa shape index (κ1) is 13.2. The van der Waals surface area contributed by atoms with Crippen LogP contribution < -0.4 is 11.5 Å². The lowest BCUT2D eigenvalue weighted by Crippen LogP contribution is -2.21. The monoisotopic (exact) mass is 250 g/mol. The van der Waals surface area contributed by atoms with Crippen molar-refractivity contribution in [2.24, 2.45) is 21.7 Å². The Morgan fingerprint density at radius 3 is 2.59 bits per heavy atom. The number of rotatable bonds is 4. The van der Waals surface area contributed by atoms with Gasteiger partial charge in [-0.15, -0.1) is 16.9 Å². The molecule has 1 aromatic carbocycles. The first-order valence-electron chi connectivity index (χ1n) is 4.85. The van der Waals surface area contributed by atoms with Gasteiger partial charge in [-0.1, -0.05) is 0 Å². The van der Waals surface area contributed by atoms with Crippen molar-refractivity contribution >= 4 is 29.7 Å². The number of carbonyl (C=O) groups excluding carboxylic acids is 1. The summed E-state index contributed by atoms with van der Waals surface area (Å²) in [6.45, 7) is 1.52. The molecule has 0 unspecified atom stereocenters. The number of hydrogen-bond donors (Lipinski definition) is 2. The summed E-state index contributed by atoms with van der Waals surface area (Å²) in [5.74, 6) is -0.0912. The van der Waals surface area contributed by atoms with Gasteiger partial charge in [0.05, 0.1) is 6.21 Å². The molecule has 0 aliphatic rings. The SMILES string of the molecule is CSc1cc(/C=N\N=C(N)N)cc(C(C)=O)c1. The predicted molar refractivity (Wildman–Crippen MR) is 71.6 cm³/mol. The van der Waals surface area contributed by atoms with Crippen molar-refractivity contribution in [3.05, 3.63) is 29.3 Å². The molecule has 0 saturated carbocycles. The molecule has 17 heavy (non-hydrogen) atoms. The van der Waals surface area contributed by atoms with Crippen LogP contribution in [0.1, 0.15) is 22.8 Å². The van der Waals surface area contributed by atoms with E-state index >= 15 is 0 Å². The smallest absolute Gasteiger partial charge is 0.211 e. The van der Waals surface area contributed by atoms with Crippen LogP contribution in [0, 0.1) is 0 Å². The molecule has 0 aliphatic heterocycles. The molecule has 0 aliphatic carbocycles. The second-order valence-corrected chi connectivity index (χ2v) is 4.20. The van der Waals surface area contributed by atoms with E-state index < -0.39 is 0 Å². The third-order valence-corrected chi connectivity index (χ3v) is 2.66. The van der Waals surface area contributed by atoms with E-state index in [1.54, 1.807) is 17.8 Å². The molecule has 0 amide bonds. The summed E-state index contributed by atoms with van der Waals surface area (Å²) in [6.07, 6.45) is 3.45. The molecule has 5 nitrogen and oxygen atoms in total. The number of nitrogens with two attached hydrogens (primary N) is 2. The molecule has 90 valence electrons. The first-order chi connectivity index (χ1) is 8.02. The van der Waals surface area contributed by atoms with Gasteiger partial charge in [0.15, 0.2) is 5.78 Å². The molecule has 4 N–H and O–H groups in total. The van der Waals surface area contributed by atoms with Crippen LogP contribution in [0.15, 0.2) is 33.3 Å². The summed E-state index contributed by atoms with van der Waals surface area (Å²) in [6, 6.07) is 5.49. The molecule has 0 fully saturated rings. The van der Waals surface area contributed by atoms with Gasteiger partial charge in [-0.25, -0.2) is 0 Å².